The number of carbonyl (C=O) groups is 1. The summed E-state index contributed by atoms with van der Waals surface area (Å²) < 4.78 is 7.62. The Morgan fingerprint density at radius 2 is 2.06 bits per heavy atom. The zero-order valence-corrected chi connectivity index (χ0v) is 19.5. The van der Waals surface area contributed by atoms with Gasteiger partial charge in [0.15, 0.2) is 0 Å². The van der Waals surface area contributed by atoms with Crippen LogP contribution < -0.4 is 10.5 Å². The minimum absolute atomic E-state index is 0.124. The lowest BCUT2D eigenvalue weighted by atomic mass is 10.0. The summed E-state index contributed by atoms with van der Waals surface area (Å²) in [6, 6.07) is 10.8. The summed E-state index contributed by atoms with van der Waals surface area (Å²) in [4.78, 5) is 19.6. The molecule has 0 fully saturated rings. The predicted molar refractivity (Wildman–Crippen MR) is 130 cm³/mol. The molecule has 0 radical (unpaired) electrons. The van der Waals surface area contributed by atoms with Gasteiger partial charge in [-0.2, -0.15) is 5.10 Å². The zero-order chi connectivity index (χ0) is 24.2. The first kappa shape index (κ1) is 21.7. The number of likely N-dealkylation sites (N-methyl/N-ethyl adjacent to an activating group) is 1. The van der Waals surface area contributed by atoms with Gasteiger partial charge < -0.3 is 20.5 Å². The molecule has 8 heteroatoms. The van der Waals surface area contributed by atoms with Gasteiger partial charge >= 0.3 is 0 Å². The van der Waals surface area contributed by atoms with Crippen LogP contribution in [0, 0.1) is 11.8 Å². The number of carbonyl (C=O) groups excluding carboxylic acids is 1. The number of amides is 1. The van der Waals surface area contributed by atoms with Crippen molar-refractivity contribution in [3.8, 4) is 17.6 Å². The Morgan fingerprint density at radius 3 is 2.82 bits per heavy atom. The average molecular weight is 456 g/mol. The Kier molecular flexibility index (Phi) is 4.95. The van der Waals surface area contributed by atoms with E-state index in [4.69, 9.17) is 10.5 Å². The predicted octanol–water partition coefficient (Wildman–Crippen LogP) is 3.03. The molecule has 4 aromatic rings. The number of aryl methyl sites for hydroxylation is 1. The van der Waals surface area contributed by atoms with Gasteiger partial charge in [-0.1, -0.05) is 17.9 Å². The average Bonchev–Trinajstić information content (AvgIpc) is 3.40. The molecule has 0 aliphatic carbocycles. The number of aromatic nitrogens is 3. The molecule has 172 valence electrons. The van der Waals surface area contributed by atoms with Crippen LogP contribution in [-0.4, -0.2) is 49.9 Å². The van der Waals surface area contributed by atoms with Gasteiger partial charge in [0.1, 0.15) is 23.8 Å². The highest BCUT2D eigenvalue weighted by Gasteiger charge is 2.31. The number of nitrogens with two attached hydrogens (primary N) is 1. The molecule has 2 aromatic heterocycles. The molecule has 0 spiro atoms. The number of anilines is 1. The Hall–Kier alpha value is -4.09. The van der Waals surface area contributed by atoms with Gasteiger partial charge in [0.05, 0.1) is 28.7 Å². The molecule has 1 atom stereocenters. The van der Waals surface area contributed by atoms with E-state index in [1.54, 1.807) is 42.7 Å². The first-order valence-electron chi connectivity index (χ1n) is 10.9. The van der Waals surface area contributed by atoms with Crippen LogP contribution in [0.4, 0.5) is 5.82 Å². The Bertz CT molecular complexity index is 1520. The first-order valence-corrected chi connectivity index (χ1v) is 10.9. The third kappa shape index (κ3) is 3.70. The zero-order valence-electron chi connectivity index (χ0n) is 19.5. The van der Waals surface area contributed by atoms with Crippen molar-refractivity contribution in [1.29, 1.82) is 0 Å². The fraction of sp³-hybridized carbons (Fsp3) is 0.269. The van der Waals surface area contributed by atoms with Crippen molar-refractivity contribution >= 4 is 33.5 Å². The van der Waals surface area contributed by atoms with Crippen LogP contribution in [0.15, 0.2) is 42.6 Å². The molecule has 3 N–H and O–H groups in total. The summed E-state index contributed by atoms with van der Waals surface area (Å²) >= 11 is 0. The molecule has 8 nitrogen and oxygen atoms in total. The maximum Gasteiger partial charge on any atom is 0.254 e. The molecule has 1 unspecified atom stereocenters. The lowest BCUT2D eigenvalue weighted by Gasteiger charge is -2.24. The number of hydrogen-bond donors (Lipinski definition) is 2. The van der Waals surface area contributed by atoms with Gasteiger partial charge in [-0.15, -0.1) is 0 Å². The van der Waals surface area contributed by atoms with Gasteiger partial charge in [-0.05, 0) is 44.2 Å². The number of nitrogen functional groups attached to an aromatic ring is 1. The smallest absolute Gasteiger partial charge is 0.254 e. The molecule has 0 saturated heterocycles. The van der Waals surface area contributed by atoms with Crippen molar-refractivity contribution in [3.05, 3.63) is 59.3 Å². The van der Waals surface area contributed by atoms with E-state index in [2.05, 4.69) is 21.9 Å². The summed E-state index contributed by atoms with van der Waals surface area (Å²) in [6.45, 7) is 3.63. The van der Waals surface area contributed by atoms with Crippen LogP contribution in [0.25, 0.3) is 21.8 Å². The second-order valence-electron chi connectivity index (χ2n) is 9.06. The van der Waals surface area contributed by atoms with Crippen molar-refractivity contribution in [1.82, 2.24) is 19.7 Å². The molecular formula is C26H25N5O3. The van der Waals surface area contributed by atoms with E-state index >= 15 is 0 Å². The van der Waals surface area contributed by atoms with Crippen molar-refractivity contribution in [2.24, 2.45) is 7.05 Å². The van der Waals surface area contributed by atoms with Crippen molar-refractivity contribution in [3.63, 3.8) is 0 Å². The molecule has 5 rings (SSSR count). The summed E-state index contributed by atoms with van der Waals surface area (Å²) in [6.07, 6.45) is 1.69. The molecule has 1 amide bonds. The summed E-state index contributed by atoms with van der Waals surface area (Å²) in [5.41, 5.74) is 8.78. The molecule has 2 aromatic carbocycles. The highest BCUT2D eigenvalue weighted by Crippen LogP contribution is 2.37. The van der Waals surface area contributed by atoms with E-state index in [0.29, 0.717) is 29.3 Å². The standard InChI is InChI=1S/C26H25N5O3/c1-26(2,33)10-9-15-5-7-17-21(14-34-22(17)11-15)30(3)25(32)16-6-8-20-18(12-16)23-19(24(27)29-20)13-28-31(23)4/h5-8,11-13,21,33H,14H2,1-4H3,(H2,27,29). The lowest BCUT2D eigenvalue weighted by molar-refractivity contribution is 0.0708. The van der Waals surface area contributed by atoms with Crippen LogP contribution in [0.3, 0.4) is 0 Å². The SMILES string of the molecule is CN(C(=O)c1ccc2nc(N)c3cnn(C)c3c2c1)C1COc2cc(C#CC(C)(C)O)ccc21. The van der Waals surface area contributed by atoms with Crippen molar-refractivity contribution < 1.29 is 14.6 Å². The fourth-order valence-corrected chi connectivity index (χ4v) is 4.25. The van der Waals surface area contributed by atoms with Crippen molar-refractivity contribution in [2.75, 3.05) is 19.4 Å². The topological polar surface area (TPSA) is 106 Å². The maximum absolute atomic E-state index is 13.4. The number of fused-ring (bicyclic) bond motifs is 4. The van der Waals surface area contributed by atoms with Gasteiger partial charge in [-0.25, -0.2) is 4.98 Å². The number of pyridine rings is 1. The first-order chi connectivity index (χ1) is 16.1. The maximum atomic E-state index is 13.4. The highest BCUT2D eigenvalue weighted by atomic mass is 16.5. The number of aliphatic hydroxyl groups is 1. The van der Waals surface area contributed by atoms with E-state index in [1.165, 1.54) is 0 Å². The quantitative estimate of drug-likeness (QED) is 0.450. The highest BCUT2D eigenvalue weighted by molar-refractivity contribution is 6.10. The number of benzene rings is 2. The molecule has 1 aliphatic heterocycles. The van der Waals surface area contributed by atoms with Crippen LogP contribution in [0.5, 0.6) is 5.75 Å². The number of hydrogen-bond acceptors (Lipinski definition) is 6. The van der Waals surface area contributed by atoms with E-state index in [1.807, 2.05) is 37.4 Å². The summed E-state index contributed by atoms with van der Waals surface area (Å²) in [5.74, 6) is 6.75. The second-order valence-corrected chi connectivity index (χ2v) is 9.06. The van der Waals surface area contributed by atoms with Gasteiger partial charge in [0.25, 0.3) is 5.91 Å². The molecule has 34 heavy (non-hydrogen) atoms. The number of rotatable bonds is 2. The number of ether oxygens (including phenoxy) is 1. The fourth-order valence-electron chi connectivity index (χ4n) is 4.25. The minimum atomic E-state index is -1.07. The van der Waals surface area contributed by atoms with Crippen LogP contribution in [0.1, 0.15) is 41.4 Å². The van der Waals surface area contributed by atoms with Crippen molar-refractivity contribution in [2.45, 2.75) is 25.5 Å². The minimum Gasteiger partial charge on any atom is -0.491 e. The van der Waals surface area contributed by atoms with Crippen LogP contribution >= 0.6 is 0 Å². The second kappa shape index (κ2) is 7.75. The Labute approximate surface area is 196 Å². The van der Waals surface area contributed by atoms with Crippen LogP contribution in [0.2, 0.25) is 0 Å². The van der Waals surface area contributed by atoms with Gasteiger partial charge in [-0.3, -0.25) is 9.48 Å². The molecule has 3 heterocycles. The Morgan fingerprint density at radius 1 is 1.26 bits per heavy atom. The summed E-state index contributed by atoms with van der Waals surface area (Å²) in [7, 11) is 3.62. The van der Waals surface area contributed by atoms with Gasteiger partial charge in [0.2, 0.25) is 0 Å². The molecule has 0 bridgehead atoms. The van der Waals surface area contributed by atoms with E-state index < -0.39 is 5.60 Å². The molecule has 1 aliphatic rings. The third-order valence-electron chi connectivity index (χ3n) is 6.02. The number of nitrogens with zero attached hydrogens (tertiary/aromatic N) is 4. The van der Waals surface area contributed by atoms with Gasteiger partial charge in [0, 0.05) is 36.2 Å². The Balaban J connectivity index is 1.46. The molecular weight excluding hydrogens is 430 g/mol. The lowest BCUT2D eigenvalue weighted by Crippen LogP contribution is -2.32. The van der Waals surface area contributed by atoms with E-state index in [-0.39, 0.29) is 11.9 Å². The van der Waals surface area contributed by atoms with E-state index in [9.17, 15) is 9.90 Å². The molecule has 0 saturated carbocycles. The monoisotopic (exact) mass is 455 g/mol. The third-order valence-corrected chi connectivity index (χ3v) is 6.02. The summed E-state index contributed by atoms with van der Waals surface area (Å²) in [5, 5.41) is 15.7. The largest absolute Gasteiger partial charge is 0.491 e. The van der Waals surface area contributed by atoms with Crippen LogP contribution in [-0.2, 0) is 7.05 Å². The normalized spacial score (nSPS) is 15.0. The van der Waals surface area contributed by atoms with E-state index in [0.717, 1.165) is 27.4 Å².